The van der Waals surface area contributed by atoms with Crippen LogP contribution in [0.25, 0.3) is 10.9 Å². The van der Waals surface area contributed by atoms with Crippen molar-refractivity contribution in [1.29, 1.82) is 0 Å². The second kappa shape index (κ2) is 5.36. The number of nitrogens with zero attached hydrogens (tertiary/aromatic N) is 1. The molecule has 3 aromatic rings. The molecule has 2 aromatic carbocycles. The van der Waals surface area contributed by atoms with E-state index >= 15 is 0 Å². The summed E-state index contributed by atoms with van der Waals surface area (Å²) in [6.07, 6.45) is -1.80. The number of halogens is 4. The van der Waals surface area contributed by atoms with Gasteiger partial charge in [-0.3, -0.25) is 0 Å². The topological polar surface area (TPSA) is 4.93 Å². The Kier molecular flexibility index (Phi) is 3.65. The van der Waals surface area contributed by atoms with Crippen LogP contribution >= 0.6 is 11.6 Å². The highest BCUT2D eigenvalue weighted by molar-refractivity contribution is 6.35. The van der Waals surface area contributed by atoms with E-state index < -0.39 is 11.7 Å². The molecule has 1 aromatic heterocycles. The van der Waals surface area contributed by atoms with Crippen molar-refractivity contribution in [3.05, 3.63) is 70.4 Å². The van der Waals surface area contributed by atoms with Crippen molar-refractivity contribution in [2.24, 2.45) is 7.05 Å². The molecule has 5 heteroatoms. The molecule has 0 atom stereocenters. The molecule has 0 spiro atoms. The van der Waals surface area contributed by atoms with Gasteiger partial charge in [0.05, 0.1) is 10.6 Å². The van der Waals surface area contributed by atoms with E-state index in [1.54, 1.807) is 0 Å². The van der Waals surface area contributed by atoms with E-state index in [0.717, 1.165) is 34.2 Å². The van der Waals surface area contributed by atoms with Crippen LogP contribution in [-0.2, 0) is 19.6 Å². The number of hydrogen-bond acceptors (Lipinski definition) is 0. The lowest BCUT2D eigenvalue weighted by atomic mass is 10.0. The van der Waals surface area contributed by atoms with Crippen LogP contribution < -0.4 is 0 Å². The predicted octanol–water partition coefficient (Wildman–Crippen LogP) is 5.44. The third-order valence-corrected chi connectivity index (χ3v) is 4.03. The Bertz CT molecular complexity index is 816. The van der Waals surface area contributed by atoms with Crippen molar-refractivity contribution in [1.82, 2.24) is 4.57 Å². The molecule has 1 nitrogen and oxygen atoms in total. The lowest BCUT2D eigenvalue weighted by Gasteiger charge is -2.07. The molecular formula is C17H13ClF3N. The first-order valence-corrected chi connectivity index (χ1v) is 7.12. The summed E-state index contributed by atoms with van der Waals surface area (Å²) in [6, 6.07) is 10.9. The Labute approximate surface area is 130 Å². The van der Waals surface area contributed by atoms with Gasteiger partial charge in [-0.05, 0) is 41.8 Å². The van der Waals surface area contributed by atoms with Crippen LogP contribution in [-0.4, -0.2) is 4.57 Å². The third-order valence-electron chi connectivity index (χ3n) is 3.72. The Hall–Kier alpha value is -1.94. The molecule has 3 rings (SSSR count). The van der Waals surface area contributed by atoms with Crippen LogP contribution in [0.1, 0.15) is 16.7 Å². The van der Waals surface area contributed by atoms with Gasteiger partial charge in [0.1, 0.15) is 0 Å². The fourth-order valence-corrected chi connectivity index (χ4v) is 2.95. The van der Waals surface area contributed by atoms with Gasteiger partial charge in [0, 0.05) is 24.1 Å². The molecule has 0 fully saturated rings. The summed E-state index contributed by atoms with van der Waals surface area (Å²) in [5.74, 6) is 0. The zero-order chi connectivity index (χ0) is 15.9. The van der Waals surface area contributed by atoms with Crippen LogP contribution in [0.2, 0.25) is 5.02 Å². The molecule has 0 saturated carbocycles. The van der Waals surface area contributed by atoms with Gasteiger partial charge < -0.3 is 4.57 Å². The van der Waals surface area contributed by atoms with Crippen LogP contribution in [0, 0.1) is 0 Å². The fraction of sp³-hybridized carbons (Fsp3) is 0.176. The van der Waals surface area contributed by atoms with Gasteiger partial charge in [0.2, 0.25) is 0 Å². The van der Waals surface area contributed by atoms with Crippen molar-refractivity contribution in [3.8, 4) is 0 Å². The SMILES string of the molecule is Cn1cc(Cc2ccc(C(F)(F)F)cc2)c2c(Cl)cccc21. The number of hydrogen-bond donors (Lipinski definition) is 0. The fourth-order valence-electron chi connectivity index (χ4n) is 2.66. The van der Waals surface area contributed by atoms with Crippen LogP contribution in [0.5, 0.6) is 0 Å². The summed E-state index contributed by atoms with van der Waals surface area (Å²) < 4.78 is 39.7. The monoisotopic (exact) mass is 323 g/mol. The molecule has 0 aliphatic carbocycles. The van der Waals surface area contributed by atoms with Gasteiger partial charge in [-0.25, -0.2) is 0 Å². The first-order valence-electron chi connectivity index (χ1n) is 6.75. The van der Waals surface area contributed by atoms with Gasteiger partial charge in [0.25, 0.3) is 0 Å². The van der Waals surface area contributed by atoms with Gasteiger partial charge in [0.15, 0.2) is 0 Å². The molecule has 0 bridgehead atoms. The summed E-state index contributed by atoms with van der Waals surface area (Å²) in [7, 11) is 1.93. The van der Waals surface area contributed by atoms with Gasteiger partial charge >= 0.3 is 6.18 Å². The molecule has 0 amide bonds. The van der Waals surface area contributed by atoms with Gasteiger partial charge in [-0.15, -0.1) is 0 Å². The van der Waals surface area contributed by atoms with E-state index in [2.05, 4.69) is 0 Å². The molecular weight excluding hydrogens is 311 g/mol. The van der Waals surface area contributed by atoms with Crippen molar-refractivity contribution < 1.29 is 13.2 Å². The normalized spacial score (nSPS) is 12.0. The van der Waals surface area contributed by atoms with E-state index in [0.29, 0.717) is 11.4 Å². The highest BCUT2D eigenvalue weighted by Crippen LogP contribution is 2.31. The zero-order valence-electron chi connectivity index (χ0n) is 11.8. The van der Waals surface area contributed by atoms with E-state index in [1.165, 1.54) is 12.1 Å². The number of alkyl halides is 3. The maximum absolute atomic E-state index is 12.6. The molecule has 0 aliphatic rings. The molecule has 0 N–H and O–H groups in total. The summed E-state index contributed by atoms with van der Waals surface area (Å²) in [5, 5.41) is 1.60. The average molecular weight is 324 g/mol. The zero-order valence-corrected chi connectivity index (χ0v) is 12.5. The average Bonchev–Trinajstić information content (AvgIpc) is 2.76. The molecule has 0 unspecified atom stereocenters. The molecule has 22 heavy (non-hydrogen) atoms. The lowest BCUT2D eigenvalue weighted by molar-refractivity contribution is -0.137. The molecule has 114 valence electrons. The minimum absolute atomic E-state index is 0.541. The largest absolute Gasteiger partial charge is 0.416 e. The second-order valence-electron chi connectivity index (χ2n) is 5.27. The Morgan fingerprint density at radius 3 is 2.36 bits per heavy atom. The van der Waals surface area contributed by atoms with E-state index in [1.807, 2.05) is 36.0 Å². The predicted molar refractivity (Wildman–Crippen MR) is 82.2 cm³/mol. The van der Waals surface area contributed by atoms with Crippen molar-refractivity contribution in [3.63, 3.8) is 0 Å². The molecule has 0 saturated heterocycles. The maximum Gasteiger partial charge on any atom is 0.416 e. The number of aromatic nitrogens is 1. The Morgan fingerprint density at radius 1 is 1.05 bits per heavy atom. The standard InChI is InChI=1S/C17H13ClF3N/c1-22-10-12(16-14(18)3-2-4-15(16)22)9-11-5-7-13(8-6-11)17(19,20)21/h2-8,10H,9H2,1H3. The minimum atomic E-state index is -4.30. The van der Waals surface area contributed by atoms with Crippen LogP contribution in [0.4, 0.5) is 13.2 Å². The lowest BCUT2D eigenvalue weighted by Crippen LogP contribution is -2.04. The number of rotatable bonds is 2. The highest BCUT2D eigenvalue weighted by Gasteiger charge is 2.29. The van der Waals surface area contributed by atoms with Crippen molar-refractivity contribution >= 4 is 22.5 Å². The summed E-state index contributed by atoms with van der Waals surface area (Å²) >= 11 is 6.26. The quantitative estimate of drug-likeness (QED) is 0.591. The maximum atomic E-state index is 12.6. The molecule has 1 heterocycles. The smallest absolute Gasteiger partial charge is 0.350 e. The van der Waals surface area contributed by atoms with Crippen LogP contribution in [0.3, 0.4) is 0 Å². The molecule has 0 aliphatic heterocycles. The number of benzene rings is 2. The van der Waals surface area contributed by atoms with E-state index in [4.69, 9.17) is 11.6 Å². The third kappa shape index (κ3) is 2.71. The first kappa shape index (κ1) is 15.0. The minimum Gasteiger partial charge on any atom is -0.350 e. The van der Waals surface area contributed by atoms with E-state index in [9.17, 15) is 13.2 Å². The second-order valence-corrected chi connectivity index (χ2v) is 5.68. The first-order chi connectivity index (χ1) is 10.4. The summed E-state index contributed by atoms with van der Waals surface area (Å²) in [5.41, 5.74) is 2.20. The van der Waals surface area contributed by atoms with Crippen molar-refractivity contribution in [2.75, 3.05) is 0 Å². The van der Waals surface area contributed by atoms with Crippen molar-refractivity contribution in [2.45, 2.75) is 12.6 Å². The van der Waals surface area contributed by atoms with Crippen LogP contribution in [0.15, 0.2) is 48.7 Å². The van der Waals surface area contributed by atoms with Gasteiger partial charge in [-0.1, -0.05) is 29.8 Å². The number of fused-ring (bicyclic) bond motifs is 1. The van der Waals surface area contributed by atoms with E-state index in [-0.39, 0.29) is 0 Å². The number of aryl methyl sites for hydroxylation is 1. The summed E-state index contributed by atoms with van der Waals surface area (Å²) in [6.45, 7) is 0. The summed E-state index contributed by atoms with van der Waals surface area (Å²) in [4.78, 5) is 0. The Morgan fingerprint density at radius 2 is 1.73 bits per heavy atom. The molecule has 0 radical (unpaired) electrons. The Balaban J connectivity index is 1.97. The van der Waals surface area contributed by atoms with Gasteiger partial charge in [-0.2, -0.15) is 13.2 Å². The highest BCUT2D eigenvalue weighted by atomic mass is 35.5.